The van der Waals surface area contributed by atoms with Crippen molar-refractivity contribution in [3.63, 3.8) is 0 Å². The predicted molar refractivity (Wildman–Crippen MR) is 343 cm³/mol. The summed E-state index contributed by atoms with van der Waals surface area (Å²) in [5.74, 6) is -1.00. The van der Waals surface area contributed by atoms with Crippen LogP contribution in [0.25, 0.3) is 0 Å². The minimum atomic E-state index is -0.824. The maximum absolute atomic E-state index is 12.9. The van der Waals surface area contributed by atoms with Crippen LogP contribution in [-0.4, -0.2) is 37.2 Å². The second kappa shape index (κ2) is 65.5. The van der Waals surface area contributed by atoms with Crippen molar-refractivity contribution >= 4 is 17.9 Å². The summed E-state index contributed by atoms with van der Waals surface area (Å²) in [6, 6.07) is 0. The molecule has 0 aromatic rings. The minimum Gasteiger partial charge on any atom is -0.462 e. The number of rotatable bonds is 56. The molecule has 0 aliphatic carbocycles. The number of hydrogen-bond acceptors (Lipinski definition) is 6. The van der Waals surface area contributed by atoms with E-state index in [1.807, 2.05) is 0 Å². The lowest BCUT2D eigenvalue weighted by Gasteiger charge is -2.18. The van der Waals surface area contributed by atoms with E-state index in [2.05, 4.69) is 179 Å². The zero-order chi connectivity index (χ0) is 57.1. The summed E-state index contributed by atoms with van der Waals surface area (Å²) in [6.45, 7) is 6.40. The van der Waals surface area contributed by atoms with Gasteiger partial charge in [0, 0.05) is 19.3 Å². The van der Waals surface area contributed by atoms with Crippen LogP contribution in [0.3, 0.4) is 0 Å². The van der Waals surface area contributed by atoms with E-state index in [9.17, 15) is 14.4 Å². The van der Waals surface area contributed by atoms with Crippen molar-refractivity contribution in [2.24, 2.45) is 0 Å². The summed E-state index contributed by atoms with van der Waals surface area (Å²) in [5, 5.41) is 0. The highest BCUT2D eigenvalue weighted by atomic mass is 16.6. The van der Waals surface area contributed by atoms with Gasteiger partial charge < -0.3 is 14.2 Å². The van der Waals surface area contributed by atoms with Crippen LogP contribution in [0.5, 0.6) is 0 Å². The second-order valence-corrected chi connectivity index (χ2v) is 20.6. The summed E-state index contributed by atoms with van der Waals surface area (Å²) in [5.41, 5.74) is 0. The number of carbonyl (C=O) groups is 3. The Balaban J connectivity index is 4.57. The van der Waals surface area contributed by atoms with E-state index in [1.165, 1.54) is 77.0 Å². The molecule has 0 saturated heterocycles. The van der Waals surface area contributed by atoms with Crippen molar-refractivity contribution in [2.75, 3.05) is 13.2 Å². The first-order chi connectivity index (χ1) is 39.0. The van der Waals surface area contributed by atoms with Crippen LogP contribution in [0.1, 0.15) is 265 Å². The van der Waals surface area contributed by atoms with Gasteiger partial charge in [0.2, 0.25) is 0 Å². The first kappa shape index (κ1) is 74.0. The molecule has 0 radical (unpaired) electrons. The summed E-state index contributed by atoms with van der Waals surface area (Å²) >= 11 is 0. The molecule has 0 saturated carbocycles. The molecular formula is C73H116O6. The zero-order valence-corrected chi connectivity index (χ0v) is 50.8. The van der Waals surface area contributed by atoms with Gasteiger partial charge >= 0.3 is 17.9 Å². The zero-order valence-electron chi connectivity index (χ0n) is 50.8. The summed E-state index contributed by atoms with van der Waals surface area (Å²) in [4.78, 5) is 38.3. The lowest BCUT2D eigenvalue weighted by atomic mass is 10.1. The van der Waals surface area contributed by atoms with Gasteiger partial charge in [0.25, 0.3) is 0 Å². The van der Waals surface area contributed by atoms with Crippen molar-refractivity contribution in [2.45, 2.75) is 271 Å². The van der Waals surface area contributed by atoms with Crippen LogP contribution in [0.2, 0.25) is 0 Å². The number of hydrogen-bond donors (Lipinski definition) is 0. The third-order valence-corrected chi connectivity index (χ3v) is 13.0. The molecule has 0 amide bonds. The first-order valence-electron chi connectivity index (χ1n) is 32.0. The average Bonchev–Trinajstić information content (AvgIpc) is 3.45. The Morgan fingerprint density at radius 2 is 0.506 bits per heavy atom. The van der Waals surface area contributed by atoms with E-state index in [-0.39, 0.29) is 37.5 Å². The van der Waals surface area contributed by atoms with Gasteiger partial charge in [-0.25, -0.2) is 0 Å². The highest BCUT2D eigenvalue weighted by Gasteiger charge is 2.19. The van der Waals surface area contributed by atoms with Crippen molar-refractivity contribution in [3.8, 4) is 0 Å². The second-order valence-electron chi connectivity index (χ2n) is 20.6. The Hall–Kier alpha value is -4.97. The molecule has 0 fully saturated rings. The van der Waals surface area contributed by atoms with Gasteiger partial charge in [-0.15, -0.1) is 0 Å². The molecule has 6 nitrogen and oxygen atoms in total. The van der Waals surface area contributed by atoms with E-state index < -0.39 is 6.10 Å². The van der Waals surface area contributed by atoms with E-state index in [1.54, 1.807) is 0 Å². The van der Waals surface area contributed by atoms with E-state index in [0.29, 0.717) is 19.3 Å². The van der Waals surface area contributed by atoms with Crippen LogP contribution in [-0.2, 0) is 28.6 Å². The van der Waals surface area contributed by atoms with Gasteiger partial charge in [-0.2, -0.15) is 0 Å². The standard InChI is InChI=1S/C73H116O6/c1-4-7-10-13-16-19-22-25-28-31-34-35-36-37-40-42-45-48-51-54-57-60-63-66-72(75)78-69-70(79-73(76)67-64-61-58-55-52-49-46-43-39-33-30-27-24-21-18-15-12-9-6-3)68-77-71(74)65-62-59-56-53-50-47-44-41-38-32-29-26-23-20-17-14-11-8-5-2/h7,10,16-21,25-30,34-35,37-41,43,45,48,54,57,70H,4-6,8-9,11-15,22-24,31-33,36,42,44,46-47,49-53,55-56,58-69H2,1-3H3/b10-7-,19-16-,20-17-,21-18-,28-25-,29-26-,30-27-,35-34-,40-37-,41-38-,43-39-,48-45-,57-54-. The molecule has 0 N–H and O–H groups in total. The number of esters is 3. The number of allylic oxidation sites excluding steroid dienone is 26. The third kappa shape index (κ3) is 63.7. The van der Waals surface area contributed by atoms with Crippen LogP contribution < -0.4 is 0 Å². The monoisotopic (exact) mass is 1090 g/mol. The van der Waals surface area contributed by atoms with Crippen molar-refractivity contribution in [1.29, 1.82) is 0 Å². The summed E-state index contributed by atoms with van der Waals surface area (Å²) in [7, 11) is 0. The Labute approximate surface area is 486 Å². The smallest absolute Gasteiger partial charge is 0.306 e. The Bertz CT molecular complexity index is 1780. The maximum atomic E-state index is 12.9. The van der Waals surface area contributed by atoms with Crippen LogP contribution in [0, 0.1) is 0 Å². The topological polar surface area (TPSA) is 78.9 Å². The highest BCUT2D eigenvalue weighted by molar-refractivity contribution is 5.71. The molecule has 0 aliphatic heterocycles. The van der Waals surface area contributed by atoms with Gasteiger partial charge in [0.15, 0.2) is 6.10 Å². The maximum Gasteiger partial charge on any atom is 0.306 e. The van der Waals surface area contributed by atoms with Crippen molar-refractivity contribution in [3.05, 3.63) is 158 Å². The number of ether oxygens (including phenoxy) is 3. The van der Waals surface area contributed by atoms with Crippen molar-refractivity contribution in [1.82, 2.24) is 0 Å². The molecule has 0 bridgehead atoms. The van der Waals surface area contributed by atoms with Gasteiger partial charge in [-0.1, -0.05) is 256 Å². The fourth-order valence-electron chi connectivity index (χ4n) is 8.21. The Morgan fingerprint density at radius 3 is 0.823 bits per heavy atom. The number of carbonyl (C=O) groups excluding carboxylic acids is 3. The lowest BCUT2D eigenvalue weighted by Crippen LogP contribution is -2.30. The van der Waals surface area contributed by atoms with Crippen LogP contribution in [0.4, 0.5) is 0 Å². The highest BCUT2D eigenvalue weighted by Crippen LogP contribution is 2.13. The molecule has 444 valence electrons. The lowest BCUT2D eigenvalue weighted by molar-refractivity contribution is -0.167. The average molecular weight is 1090 g/mol. The fourth-order valence-corrected chi connectivity index (χ4v) is 8.21. The first-order valence-corrected chi connectivity index (χ1v) is 32.0. The third-order valence-electron chi connectivity index (χ3n) is 13.0. The van der Waals surface area contributed by atoms with E-state index in [0.717, 1.165) is 141 Å². The Morgan fingerprint density at radius 1 is 0.266 bits per heavy atom. The Kier molecular flexibility index (Phi) is 61.4. The molecule has 0 rings (SSSR count). The molecule has 0 heterocycles. The molecular weight excluding hydrogens is 973 g/mol. The quantitative estimate of drug-likeness (QED) is 0.0261. The van der Waals surface area contributed by atoms with Gasteiger partial charge in [-0.3, -0.25) is 14.4 Å². The SMILES string of the molecule is CC/C=C\C/C=C\C/C=C\C/C=C\C/C=C\C/C=C\C/C=C\CCCC(=O)OCC(COC(=O)CCCCCCCC/C=C\C/C=C\C/C=C\CCCCC)OC(=O)CCCCCCCC/C=C\C/C=C\C/C=C\CCCCC. The fraction of sp³-hybridized carbons (Fsp3) is 0.603. The molecule has 1 atom stereocenters. The predicted octanol–water partition coefficient (Wildman–Crippen LogP) is 22.1. The number of unbranched alkanes of at least 4 members (excludes halogenated alkanes) is 19. The van der Waals surface area contributed by atoms with E-state index in [4.69, 9.17) is 14.2 Å². The molecule has 0 spiro atoms. The molecule has 0 aromatic carbocycles. The molecule has 0 aromatic heterocycles. The minimum absolute atomic E-state index is 0.115. The normalized spacial score (nSPS) is 13.2. The van der Waals surface area contributed by atoms with E-state index >= 15 is 0 Å². The molecule has 79 heavy (non-hydrogen) atoms. The van der Waals surface area contributed by atoms with Crippen molar-refractivity contribution < 1.29 is 28.6 Å². The van der Waals surface area contributed by atoms with Gasteiger partial charge in [-0.05, 0) is 148 Å². The summed E-state index contributed by atoms with van der Waals surface area (Å²) < 4.78 is 16.9. The molecule has 1 unspecified atom stereocenters. The molecule has 6 heteroatoms. The van der Waals surface area contributed by atoms with Gasteiger partial charge in [0.05, 0.1) is 0 Å². The largest absolute Gasteiger partial charge is 0.462 e. The summed E-state index contributed by atoms with van der Waals surface area (Å²) in [6.07, 6.45) is 95.2. The van der Waals surface area contributed by atoms with Crippen LogP contribution in [0.15, 0.2) is 158 Å². The van der Waals surface area contributed by atoms with Crippen LogP contribution >= 0.6 is 0 Å². The van der Waals surface area contributed by atoms with Gasteiger partial charge in [0.1, 0.15) is 13.2 Å². The molecule has 0 aliphatic rings.